The molecular formula is C9H9N5O2S. The largest absolute Gasteiger partial charge is 0.370 e. The number of guanidine groups is 1. The number of hydrogen-bond donors (Lipinski definition) is 3. The first-order valence-electron chi connectivity index (χ1n) is 4.72. The number of nitro groups is 1. The third-order valence-electron chi connectivity index (χ3n) is 2.21. The fourth-order valence-electron chi connectivity index (χ4n) is 1.51. The molecule has 0 radical (unpaired) electrons. The molecule has 88 valence electrons. The van der Waals surface area contributed by atoms with E-state index in [1.807, 2.05) is 0 Å². The van der Waals surface area contributed by atoms with Crippen molar-refractivity contribution in [1.29, 1.82) is 0 Å². The first-order valence-corrected chi connectivity index (χ1v) is 5.13. The zero-order chi connectivity index (χ0) is 12.4. The monoisotopic (exact) mass is 251 g/mol. The van der Waals surface area contributed by atoms with E-state index in [0.717, 1.165) is 0 Å². The molecule has 1 aliphatic rings. The average Bonchev–Trinajstić information content (AvgIpc) is 2.27. The van der Waals surface area contributed by atoms with Crippen LogP contribution in [0.25, 0.3) is 0 Å². The number of hydrogen-bond acceptors (Lipinski definition) is 5. The lowest BCUT2D eigenvalue weighted by Crippen LogP contribution is -2.49. The van der Waals surface area contributed by atoms with Crippen LogP contribution in [0.2, 0.25) is 0 Å². The van der Waals surface area contributed by atoms with Crippen LogP contribution < -0.4 is 16.4 Å². The zero-order valence-corrected chi connectivity index (χ0v) is 9.40. The molecule has 0 fully saturated rings. The molecule has 2 rings (SSSR count). The van der Waals surface area contributed by atoms with E-state index in [0.29, 0.717) is 10.7 Å². The summed E-state index contributed by atoms with van der Waals surface area (Å²) < 4.78 is 0. The highest BCUT2D eigenvalue weighted by Crippen LogP contribution is 2.26. The number of thiocarbonyl (C=S) groups is 1. The molecule has 17 heavy (non-hydrogen) atoms. The Hall–Kier alpha value is -2.22. The SMILES string of the molecule is NC1=NC(c2ccccc2[N+](=O)[O-])NC(=S)N1. The minimum Gasteiger partial charge on any atom is -0.370 e. The standard InChI is InChI=1S/C9H9N5O2S/c10-8-11-7(12-9(17)13-8)5-3-1-2-4-6(5)14(15)16/h1-4,7H,(H4,10,11,12,13,17). The predicted octanol–water partition coefficient (Wildman–Crippen LogP) is 0.386. The van der Waals surface area contributed by atoms with E-state index in [4.69, 9.17) is 18.0 Å². The quantitative estimate of drug-likeness (QED) is 0.399. The van der Waals surface area contributed by atoms with Crippen molar-refractivity contribution in [3.8, 4) is 0 Å². The molecule has 1 aliphatic heterocycles. The maximum absolute atomic E-state index is 10.9. The number of rotatable bonds is 2. The van der Waals surface area contributed by atoms with Crippen molar-refractivity contribution in [2.75, 3.05) is 0 Å². The van der Waals surface area contributed by atoms with E-state index in [1.54, 1.807) is 18.2 Å². The molecule has 0 bridgehead atoms. The molecule has 1 aromatic rings. The first-order chi connectivity index (χ1) is 8.08. The van der Waals surface area contributed by atoms with Crippen LogP contribution in [0.15, 0.2) is 29.3 Å². The van der Waals surface area contributed by atoms with Gasteiger partial charge in [0.05, 0.1) is 10.5 Å². The van der Waals surface area contributed by atoms with Crippen molar-refractivity contribution < 1.29 is 4.92 Å². The number of nitrogens with one attached hydrogen (secondary N) is 2. The van der Waals surface area contributed by atoms with E-state index in [2.05, 4.69) is 15.6 Å². The number of nitrogens with two attached hydrogens (primary N) is 1. The lowest BCUT2D eigenvalue weighted by molar-refractivity contribution is -0.385. The Kier molecular flexibility index (Phi) is 2.88. The van der Waals surface area contributed by atoms with Crippen LogP contribution in [0.3, 0.4) is 0 Å². The number of aliphatic imine (C=N–C) groups is 1. The molecule has 1 atom stereocenters. The number of nitrogens with zero attached hydrogens (tertiary/aromatic N) is 2. The van der Waals surface area contributed by atoms with Gasteiger partial charge in [-0.3, -0.25) is 10.1 Å². The number of benzene rings is 1. The van der Waals surface area contributed by atoms with Crippen molar-refractivity contribution in [3.05, 3.63) is 39.9 Å². The lowest BCUT2D eigenvalue weighted by atomic mass is 10.1. The van der Waals surface area contributed by atoms with Crippen LogP contribution >= 0.6 is 12.2 Å². The molecule has 0 amide bonds. The van der Waals surface area contributed by atoms with E-state index in [-0.39, 0.29) is 11.6 Å². The molecule has 0 saturated carbocycles. The minimum absolute atomic E-state index is 0.0220. The average molecular weight is 251 g/mol. The number of nitro benzene ring substituents is 1. The number of para-hydroxylation sites is 1. The van der Waals surface area contributed by atoms with Crippen molar-refractivity contribution >= 4 is 29.0 Å². The highest BCUT2D eigenvalue weighted by atomic mass is 32.1. The molecule has 7 nitrogen and oxygen atoms in total. The fourth-order valence-corrected chi connectivity index (χ4v) is 1.73. The molecule has 4 N–H and O–H groups in total. The molecule has 0 spiro atoms. The second-order valence-electron chi connectivity index (χ2n) is 3.33. The molecule has 8 heteroatoms. The fraction of sp³-hybridized carbons (Fsp3) is 0.111. The summed E-state index contributed by atoms with van der Waals surface area (Å²) in [5, 5.41) is 16.6. The van der Waals surface area contributed by atoms with Gasteiger partial charge in [-0.15, -0.1) is 0 Å². The molecule has 0 aliphatic carbocycles. The Balaban J connectivity index is 2.43. The van der Waals surface area contributed by atoms with E-state index in [1.165, 1.54) is 6.07 Å². The van der Waals surface area contributed by atoms with Gasteiger partial charge in [-0.05, 0) is 18.3 Å². The normalized spacial score (nSPS) is 18.9. The van der Waals surface area contributed by atoms with Crippen molar-refractivity contribution in [1.82, 2.24) is 10.6 Å². The summed E-state index contributed by atoms with van der Waals surface area (Å²) >= 11 is 4.92. The Labute approximate surface area is 102 Å². The first kappa shape index (κ1) is 11.3. The van der Waals surface area contributed by atoms with Gasteiger partial charge in [0.25, 0.3) is 5.69 Å². The van der Waals surface area contributed by atoms with Gasteiger partial charge in [0.2, 0.25) is 0 Å². The van der Waals surface area contributed by atoms with Crippen molar-refractivity contribution in [2.45, 2.75) is 6.17 Å². The Morgan fingerprint density at radius 1 is 1.47 bits per heavy atom. The minimum atomic E-state index is -0.634. The topological polar surface area (TPSA) is 106 Å². The van der Waals surface area contributed by atoms with Gasteiger partial charge < -0.3 is 16.4 Å². The summed E-state index contributed by atoms with van der Waals surface area (Å²) in [6.45, 7) is 0. The van der Waals surface area contributed by atoms with Gasteiger partial charge >= 0.3 is 0 Å². The Morgan fingerprint density at radius 3 is 2.82 bits per heavy atom. The van der Waals surface area contributed by atoms with Gasteiger partial charge in [-0.2, -0.15) is 0 Å². The van der Waals surface area contributed by atoms with Crippen LogP contribution in [0.5, 0.6) is 0 Å². The van der Waals surface area contributed by atoms with Crippen molar-refractivity contribution in [2.24, 2.45) is 10.7 Å². The van der Waals surface area contributed by atoms with Crippen molar-refractivity contribution in [3.63, 3.8) is 0 Å². The van der Waals surface area contributed by atoms with Crippen LogP contribution in [0.1, 0.15) is 11.7 Å². The second-order valence-corrected chi connectivity index (χ2v) is 3.74. The summed E-state index contributed by atoms with van der Waals surface area (Å²) in [4.78, 5) is 14.4. The van der Waals surface area contributed by atoms with Gasteiger partial charge in [-0.1, -0.05) is 12.1 Å². The maximum Gasteiger partial charge on any atom is 0.276 e. The summed E-state index contributed by atoms with van der Waals surface area (Å²) in [7, 11) is 0. The summed E-state index contributed by atoms with van der Waals surface area (Å²) in [5.74, 6) is 0.136. The molecule has 0 saturated heterocycles. The highest BCUT2D eigenvalue weighted by Gasteiger charge is 2.24. The third kappa shape index (κ3) is 2.31. The van der Waals surface area contributed by atoms with Gasteiger partial charge in [0.15, 0.2) is 17.2 Å². The van der Waals surface area contributed by atoms with E-state index < -0.39 is 11.1 Å². The van der Waals surface area contributed by atoms with Crippen LogP contribution in [0.4, 0.5) is 5.69 Å². The molecule has 0 aromatic heterocycles. The van der Waals surface area contributed by atoms with Crippen LogP contribution in [0, 0.1) is 10.1 Å². The molecule has 1 aromatic carbocycles. The molecule has 1 unspecified atom stereocenters. The maximum atomic E-state index is 10.9. The van der Waals surface area contributed by atoms with Gasteiger partial charge in [-0.25, -0.2) is 4.99 Å². The molecular weight excluding hydrogens is 242 g/mol. The Morgan fingerprint density at radius 2 is 2.18 bits per heavy atom. The van der Waals surface area contributed by atoms with Gasteiger partial charge in [0, 0.05) is 6.07 Å². The Bertz CT molecular complexity index is 516. The second kappa shape index (κ2) is 4.34. The zero-order valence-electron chi connectivity index (χ0n) is 8.58. The smallest absolute Gasteiger partial charge is 0.276 e. The summed E-state index contributed by atoms with van der Waals surface area (Å²) in [6, 6.07) is 6.31. The van der Waals surface area contributed by atoms with Gasteiger partial charge in [0.1, 0.15) is 0 Å². The molecule has 1 heterocycles. The third-order valence-corrected chi connectivity index (χ3v) is 2.43. The van der Waals surface area contributed by atoms with E-state index >= 15 is 0 Å². The van der Waals surface area contributed by atoms with E-state index in [9.17, 15) is 10.1 Å². The summed E-state index contributed by atoms with van der Waals surface area (Å²) in [5.41, 5.74) is 5.92. The van der Waals surface area contributed by atoms with Crippen LogP contribution in [-0.4, -0.2) is 16.0 Å². The lowest BCUT2D eigenvalue weighted by Gasteiger charge is -2.22. The van der Waals surface area contributed by atoms with Crippen LogP contribution in [-0.2, 0) is 0 Å². The highest BCUT2D eigenvalue weighted by molar-refractivity contribution is 7.80. The summed E-state index contributed by atoms with van der Waals surface area (Å²) in [6.07, 6.45) is -0.634. The predicted molar refractivity (Wildman–Crippen MR) is 66.3 cm³/mol.